The third-order valence-corrected chi connectivity index (χ3v) is 8.36. The summed E-state index contributed by atoms with van der Waals surface area (Å²) in [6, 6.07) is 37.2. The lowest BCUT2D eigenvalue weighted by Crippen LogP contribution is -2.44. The first-order valence-corrected chi connectivity index (χ1v) is 15.1. The molecule has 8 heteroatoms. The van der Waals surface area contributed by atoms with Gasteiger partial charge >= 0.3 is 5.97 Å². The Hall–Kier alpha value is -5.05. The minimum Gasteiger partial charge on any atom is -0.480 e. The van der Waals surface area contributed by atoms with Crippen LogP contribution in [0.2, 0.25) is 0 Å². The van der Waals surface area contributed by atoms with Crippen LogP contribution in [0, 0.1) is 5.82 Å². The predicted octanol–water partition coefficient (Wildman–Crippen LogP) is 8.14. The molecule has 5 aromatic carbocycles. The van der Waals surface area contributed by atoms with E-state index in [1.165, 1.54) is 18.2 Å². The van der Waals surface area contributed by atoms with Crippen molar-refractivity contribution >= 4 is 33.9 Å². The Balaban J connectivity index is 1.28. The first-order chi connectivity index (χ1) is 21.4. The highest BCUT2D eigenvalue weighted by Crippen LogP contribution is 2.37. The molecule has 0 aliphatic rings. The largest absolute Gasteiger partial charge is 0.480 e. The SMILES string of the molecule is O=C(O)C(Cc1cccc(F)c1)N(c1ccc(-c2ccc(-c3c(Cc4ccccc4)oc4ccccc34)cc2)cc1)S(=O)O. The summed E-state index contributed by atoms with van der Waals surface area (Å²) < 4.78 is 43.3. The molecule has 2 atom stereocenters. The number of carboxylic acid groups (broad SMARTS) is 1. The van der Waals surface area contributed by atoms with Gasteiger partial charge in [0, 0.05) is 23.8 Å². The summed E-state index contributed by atoms with van der Waals surface area (Å²) in [4.78, 5) is 12.1. The fourth-order valence-electron chi connectivity index (χ4n) is 5.49. The van der Waals surface area contributed by atoms with Gasteiger partial charge in [-0.3, -0.25) is 8.86 Å². The Morgan fingerprint density at radius 1 is 0.773 bits per heavy atom. The van der Waals surface area contributed by atoms with E-state index in [-0.39, 0.29) is 12.1 Å². The lowest BCUT2D eigenvalue weighted by molar-refractivity contribution is -0.138. The minimum atomic E-state index is -2.63. The number of halogens is 1. The number of carboxylic acids is 1. The van der Waals surface area contributed by atoms with Gasteiger partial charge in [-0.25, -0.2) is 13.4 Å². The fraction of sp³-hybridized carbons (Fsp3) is 0.0833. The van der Waals surface area contributed by atoms with Crippen LogP contribution in [-0.4, -0.2) is 25.9 Å². The summed E-state index contributed by atoms with van der Waals surface area (Å²) in [6.45, 7) is 0. The normalized spacial score (nSPS) is 12.6. The molecule has 44 heavy (non-hydrogen) atoms. The topological polar surface area (TPSA) is 91.0 Å². The number of fused-ring (bicyclic) bond motifs is 1. The van der Waals surface area contributed by atoms with E-state index < -0.39 is 29.1 Å². The minimum absolute atomic E-state index is 0.155. The van der Waals surface area contributed by atoms with Crippen LogP contribution in [-0.2, 0) is 28.9 Å². The van der Waals surface area contributed by atoms with Crippen molar-refractivity contribution in [3.8, 4) is 22.3 Å². The first-order valence-electron chi connectivity index (χ1n) is 14.0. The molecule has 0 amide bonds. The van der Waals surface area contributed by atoms with Crippen LogP contribution in [0.1, 0.15) is 16.9 Å². The van der Waals surface area contributed by atoms with Gasteiger partial charge in [0.15, 0.2) is 0 Å². The maximum atomic E-state index is 13.7. The van der Waals surface area contributed by atoms with Gasteiger partial charge in [0.05, 0.1) is 5.69 Å². The van der Waals surface area contributed by atoms with Gasteiger partial charge in [0.2, 0.25) is 0 Å². The van der Waals surface area contributed by atoms with Gasteiger partial charge < -0.3 is 9.52 Å². The van der Waals surface area contributed by atoms with Crippen molar-refractivity contribution in [2.75, 3.05) is 4.31 Å². The number of rotatable bonds is 10. The number of carbonyl (C=O) groups is 1. The molecule has 0 saturated carbocycles. The Bertz CT molecular complexity index is 1940. The second-order valence-corrected chi connectivity index (χ2v) is 11.3. The number of nitrogens with zero attached hydrogens (tertiary/aromatic N) is 1. The highest BCUT2D eigenvalue weighted by Gasteiger charge is 2.30. The lowest BCUT2D eigenvalue weighted by Gasteiger charge is -2.27. The standard InChI is InChI=1S/C36H28FNO5S/c37-29-10-6-9-25(21-29)22-32(36(39)40)38(44(41)42)30-19-17-27(18-20-30)26-13-15-28(16-14-26)35-31-11-4-5-12-33(31)43-34(35)23-24-7-2-1-3-8-24/h1-21,32H,22-23H2,(H,39,40)(H,41,42). The van der Waals surface area contributed by atoms with Crippen molar-refractivity contribution in [1.29, 1.82) is 0 Å². The summed E-state index contributed by atoms with van der Waals surface area (Å²) >= 11 is -2.63. The average Bonchev–Trinajstić information content (AvgIpc) is 3.39. The van der Waals surface area contributed by atoms with E-state index >= 15 is 0 Å². The zero-order valence-corrected chi connectivity index (χ0v) is 24.3. The van der Waals surface area contributed by atoms with Crippen LogP contribution < -0.4 is 4.31 Å². The van der Waals surface area contributed by atoms with Gasteiger partial charge in [-0.15, -0.1) is 0 Å². The highest BCUT2D eigenvalue weighted by atomic mass is 32.2. The molecule has 0 saturated heterocycles. The number of para-hydroxylation sites is 1. The van der Waals surface area contributed by atoms with E-state index in [4.69, 9.17) is 4.42 Å². The second-order valence-electron chi connectivity index (χ2n) is 10.4. The zero-order valence-electron chi connectivity index (χ0n) is 23.5. The molecule has 6 nitrogen and oxygen atoms in total. The summed E-state index contributed by atoms with van der Waals surface area (Å²) in [5.41, 5.74) is 6.48. The van der Waals surface area contributed by atoms with E-state index in [0.717, 1.165) is 48.9 Å². The lowest BCUT2D eigenvalue weighted by atomic mass is 9.96. The molecule has 0 aliphatic heterocycles. The Labute approximate surface area is 256 Å². The monoisotopic (exact) mass is 605 g/mol. The molecule has 0 spiro atoms. The molecule has 1 aromatic heterocycles. The third-order valence-electron chi connectivity index (χ3n) is 7.56. The number of aliphatic carboxylic acids is 1. The van der Waals surface area contributed by atoms with Crippen molar-refractivity contribution in [2.45, 2.75) is 18.9 Å². The molecule has 0 bridgehead atoms. The van der Waals surface area contributed by atoms with Crippen molar-refractivity contribution in [3.05, 3.63) is 150 Å². The third kappa shape index (κ3) is 6.17. The van der Waals surface area contributed by atoms with Crippen LogP contribution in [0.15, 0.2) is 132 Å². The summed E-state index contributed by atoms with van der Waals surface area (Å²) in [5.74, 6) is -0.917. The van der Waals surface area contributed by atoms with Crippen LogP contribution >= 0.6 is 0 Å². The Morgan fingerprint density at radius 3 is 2.05 bits per heavy atom. The molecular weight excluding hydrogens is 577 g/mol. The van der Waals surface area contributed by atoms with E-state index in [2.05, 4.69) is 18.2 Å². The van der Waals surface area contributed by atoms with E-state index in [0.29, 0.717) is 12.0 Å². The fourth-order valence-corrected chi connectivity index (χ4v) is 6.17. The van der Waals surface area contributed by atoms with Crippen LogP contribution in [0.4, 0.5) is 10.1 Å². The molecule has 6 rings (SSSR count). The Kier molecular flexibility index (Phi) is 8.36. The van der Waals surface area contributed by atoms with E-state index in [1.807, 2.05) is 60.7 Å². The predicted molar refractivity (Wildman–Crippen MR) is 171 cm³/mol. The highest BCUT2D eigenvalue weighted by molar-refractivity contribution is 7.80. The Morgan fingerprint density at radius 2 is 1.39 bits per heavy atom. The molecule has 0 radical (unpaired) electrons. The van der Waals surface area contributed by atoms with Gasteiger partial charge in [-0.05, 0) is 58.1 Å². The molecule has 220 valence electrons. The van der Waals surface area contributed by atoms with Crippen molar-refractivity contribution in [1.82, 2.24) is 0 Å². The number of benzene rings is 5. The molecule has 0 fully saturated rings. The van der Waals surface area contributed by atoms with Gasteiger partial charge in [0.1, 0.15) is 23.2 Å². The van der Waals surface area contributed by atoms with Crippen molar-refractivity contribution < 1.29 is 27.5 Å². The van der Waals surface area contributed by atoms with E-state index in [9.17, 15) is 23.1 Å². The van der Waals surface area contributed by atoms with Gasteiger partial charge in [0.25, 0.3) is 11.3 Å². The molecule has 1 heterocycles. The van der Waals surface area contributed by atoms with Crippen molar-refractivity contribution in [3.63, 3.8) is 0 Å². The van der Waals surface area contributed by atoms with Crippen LogP contribution in [0.25, 0.3) is 33.2 Å². The van der Waals surface area contributed by atoms with Crippen molar-refractivity contribution in [2.24, 2.45) is 0 Å². The molecule has 2 N–H and O–H groups in total. The van der Waals surface area contributed by atoms with Crippen LogP contribution in [0.3, 0.4) is 0 Å². The zero-order chi connectivity index (χ0) is 30.6. The smallest absolute Gasteiger partial charge is 0.327 e. The molecular formula is C36H28FNO5S. The van der Waals surface area contributed by atoms with E-state index in [1.54, 1.807) is 30.3 Å². The molecule has 6 aromatic rings. The van der Waals surface area contributed by atoms with Gasteiger partial charge in [-0.1, -0.05) is 97.1 Å². The number of anilines is 1. The second kappa shape index (κ2) is 12.7. The molecule has 2 unspecified atom stereocenters. The van der Waals surface area contributed by atoms with Gasteiger partial charge in [-0.2, -0.15) is 0 Å². The number of hydrogen-bond donors (Lipinski definition) is 2. The first kappa shape index (κ1) is 29.0. The van der Waals surface area contributed by atoms with Crippen LogP contribution in [0.5, 0.6) is 0 Å². The number of furan rings is 1. The quantitative estimate of drug-likeness (QED) is 0.154. The number of hydrogen-bond acceptors (Lipinski definition) is 3. The molecule has 0 aliphatic carbocycles. The average molecular weight is 606 g/mol. The summed E-state index contributed by atoms with van der Waals surface area (Å²) in [6.07, 6.45) is 0.505. The summed E-state index contributed by atoms with van der Waals surface area (Å²) in [5, 5.41) is 10.9. The maximum Gasteiger partial charge on any atom is 0.327 e. The maximum absolute atomic E-state index is 13.7. The summed E-state index contributed by atoms with van der Waals surface area (Å²) in [7, 11) is 0.